The second-order valence-electron chi connectivity index (χ2n) is 3.36. The summed E-state index contributed by atoms with van der Waals surface area (Å²) in [6.45, 7) is 0.0601. The number of carbonyl (C=O) groups excluding carboxylic acids is 1. The van der Waals surface area contributed by atoms with E-state index in [0.717, 1.165) is 0 Å². The Morgan fingerprint density at radius 3 is 2.41 bits per heavy atom. The zero-order chi connectivity index (χ0) is 12.8. The molecular weight excluding hydrogens is 309 g/mol. The second-order valence-corrected chi connectivity index (χ2v) is 4.65. The van der Waals surface area contributed by atoms with Gasteiger partial charge in [0.2, 0.25) is 0 Å². The molecule has 2 N–H and O–H groups in total. The zero-order valence-corrected chi connectivity index (χ0v) is 11.4. The van der Waals surface area contributed by atoms with Crippen molar-refractivity contribution in [2.75, 3.05) is 26.3 Å². The van der Waals surface area contributed by atoms with E-state index in [4.69, 9.17) is 21.8 Å². The Hall–Kier alpha value is -0.620. The number of halogens is 2. The van der Waals surface area contributed by atoms with Crippen molar-refractivity contribution in [1.29, 1.82) is 0 Å². The van der Waals surface area contributed by atoms with Crippen LogP contribution in [0.5, 0.6) is 0 Å². The highest BCUT2D eigenvalue weighted by molar-refractivity contribution is 9.10. The van der Waals surface area contributed by atoms with Crippen LogP contribution in [0.15, 0.2) is 22.7 Å². The van der Waals surface area contributed by atoms with Crippen LogP contribution in [0.2, 0.25) is 5.02 Å². The van der Waals surface area contributed by atoms with E-state index >= 15 is 0 Å². The zero-order valence-electron chi connectivity index (χ0n) is 9.07. The van der Waals surface area contributed by atoms with Gasteiger partial charge in [0.15, 0.2) is 0 Å². The van der Waals surface area contributed by atoms with Gasteiger partial charge in [-0.15, -0.1) is 0 Å². The first-order valence-electron chi connectivity index (χ1n) is 5.06. The third-order valence-electron chi connectivity index (χ3n) is 2.19. The number of rotatable bonds is 5. The summed E-state index contributed by atoms with van der Waals surface area (Å²) < 4.78 is 0.632. The smallest absolute Gasteiger partial charge is 0.255 e. The first-order valence-corrected chi connectivity index (χ1v) is 6.23. The standard InChI is InChI=1S/C11H13BrClNO3/c12-10-2-1-8(13)7-9(10)11(17)14(3-5-15)4-6-16/h1-2,7,15-16H,3-6H2. The van der Waals surface area contributed by atoms with E-state index in [2.05, 4.69) is 15.9 Å². The lowest BCUT2D eigenvalue weighted by Gasteiger charge is -2.21. The minimum absolute atomic E-state index is 0.149. The number of amides is 1. The van der Waals surface area contributed by atoms with Crippen molar-refractivity contribution in [3.63, 3.8) is 0 Å². The van der Waals surface area contributed by atoms with Crippen molar-refractivity contribution in [1.82, 2.24) is 4.90 Å². The summed E-state index contributed by atoms with van der Waals surface area (Å²) >= 11 is 9.10. The van der Waals surface area contributed by atoms with Gasteiger partial charge in [-0.2, -0.15) is 0 Å². The second kappa shape index (κ2) is 6.96. The molecule has 0 aliphatic carbocycles. The fourth-order valence-corrected chi connectivity index (χ4v) is 1.98. The summed E-state index contributed by atoms with van der Waals surface area (Å²) in [5.74, 6) is -0.275. The molecule has 17 heavy (non-hydrogen) atoms. The van der Waals surface area contributed by atoms with E-state index in [-0.39, 0.29) is 32.2 Å². The molecule has 0 saturated heterocycles. The van der Waals surface area contributed by atoms with E-state index in [1.807, 2.05) is 0 Å². The molecule has 1 amide bonds. The van der Waals surface area contributed by atoms with E-state index in [0.29, 0.717) is 15.1 Å². The van der Waals surface area contributed by atoms with Gasteiger partial charge >= 0.3 is 0 Å². The SMILES string of the molecule is O=C(c1cc(Cl)ccc1Br)N(CCO)CCO. The van der Waals surface area contributed by atoms with E-state index in [1.54, 1.807) is 18.2 Å². The number of carbonyl (C=O) groups is 1. The lowest BCUT2D eigenvalue weighted by molar-refractivity contribution is 0.0684. The predicted molar refractivity (Wildman–Crippen MR) is 69.2 cm³/mol. The fraction of sp³-hybridized carbons (Fsp3) is 0.364. The Morgan fingerprint density at radius 1 is 1.29 bits per heavy atom. The molecule has 0 aliphatic rings. The van der Waals surface area contributed by atoms with Crippen LogP contribution in [0.4, 0.5) is 0 Å². The molecule has 94 valence electrons. The lowest BCUT2D eigenvalue weighted by atomic mass is 10.2. The molecule has 0 saturated carbocycles. The number of aliphatic hydroxyl groups excluding tert-OH is 2. The fourth-order valence-electron chi connectivity index (χ4n) is 1.39. The molecule has 1 aromatic rings. The van der Waals surface area contributed by atoms with Crippen LogP contribution in [0.25, 0.3) is 0 Å². The van der Waals surface area contributed by atoms with Crippen molar-refractivity contribution in [2.24, 2.45) is 0 Å². The molecule has 0 aliphatic heterocycles. The van der Waals surface area contributed by atoms with Crippen molar-refractivity contribution >= 4 is 33.4 Å². The summed E-state index contributed by atoms with van der Waals surface area (Å²) in [4.78, 5) is 13.5. The normalized spacial score (nSPS) is 10.4. The van der Waals surface area contributed by atoms with Crippen molar-refractivity contribution in [3.05, 3.63) is 33.3 Å². The molecule has 0 fully saturated rings. The van der Waals surface area contributed by atoms with Gasteiger partial charge in [0.25, 0.3) is 5.91 Å². The van der Waals surface area contributed by atoms with Gasteiger partial charge in [-0.05, 0) is 34.1 Å². The maximum absolute atomic E-state index is 12.1. The maximum atomic E-state index is 12.1. The number of nitrogens with zero attached hydrogens (tertiary/aromatic N) is 1. The molecular formula is C11H13BrClNO3. The van der Waals surface area contributed by atoms with Gasteiger partial charge in [0, 0.05) is 22.6 Å². The van der Waals surface area contributed by atoms with Crippen LogP contribution in [-0.4, -0.2) is 47.3 Å². The number of hydrogen-bond acceptors (Lipinski definition) is 3. The minimum atomic E-state index is -0.275. The van der Waals surface area contributed by atoms with Gasteiger partial charge < -0.3 is 15.1 Å². The van der Waals surface area contributed by atoms with Gasteiger partial charge in [-0.3, -0.25) is 4.79 Å². The van der Waals surface area contributed by atoms with Crippen molar-refractivity contribution in [3.8, 4) is 0 Å². The molecule has 0 atom stereocenters. The molecule has 6 heteroatoms. The van der Waals surface area contributed by atoms with Crippen molar-refractivity contribution < 1.29 is 15.0 Å². The molecule has 1 rings (SSSR count). The van der Waals surface area contributed by atoms with Crippen LogP contribution >= 0.6 is 27.5 Å². The van der Waals surface area contributed by atoms with E-state index < -0.39 is 0 Å². The van der Waals surface area contributed by atoms with Gasteiger partial charge in [-0.1, -0.05) is 11.6 Å². The maximum Gasteiger partial charge on any atom is 0.255 e. The summed E-state index contributed by atoms with van der Waals surface area (Å²) in [5, 5.41) is 18.2. The van der Waals surface area contributed by atoms with Crippen LogP contribution in [0.3, 0.4) is 0 Å². The summed E-state index contributed by atoms with van der Waals surface area (Å²) in [6.07, 6.45) is 0. The minimum Gasteiger partial charge on any atom is -0.395 e. The van der Waals surface area contributed by atoms with Gasteiger partial charge in [0.05, 0.1) is 18.8 Å². The van der Waals surface area contributed by atoms with Crippen LogP contribution < -0.4 is 0 Å². The highest BCUT2D eigenvalue weighted by atomic mass is 79.9. The third kappa shape index (κ3) is 3.96. The summed E-state index contributed by atoms with van der Waals surface area (Å²) in [5.41, 5.74) is 0.416. The molecule has 1 aromatic carbocycles. The first kappa shape index (κ1) is 14.4. The Balaban J connectivity index is 2.95. The predicted octanol–water partition coefficient (Wildman–Crippen LogP) is 1.53. The average molecular weight is 323 g/mol. The Labute approximate surface area is 113 Å². The number of benzene rings is 1. The highest BCUT2D eigenvalue weighted by Crippen LogP contribution is 2.22. The molecule has 0 bridgehead atoms. The number of hydrogen-bond donors (Lipinski definition) is 2. The Kier molecular flexibility index (Phi) is 5.91. The van der Waals surface area contributed by atoms with Gasteiger partial charge in [-0.25, -0.2) is 0 Å². The largest absolute Gasteiger partial charge is 0.395 e. The molecule has 0 aromatic heterocycles. The summed E-state index contributed by atoms with van der Waals surface area (Å²) in [7, 11) is 0. The molecule has 0 heterocycles. The topological polar surface area (TPSA) is 60.8 Å². The monoisotopic (exact) mass is 321 g/mol. The quantitative estimate of drug-likeness (QED) is 0.864. The first-order chi connectivity index (χ1) is 8.10. The van der Waals surface area contributed by atoms with E-state index in [1.165, 1.54) is 4.90 Å². The van der Waals surface area contributed by atoms with Crippen LogP contribution in [0, 0.1) is 0 Å². The Bertz CT molecular complexity index is 394. The van der Waals surface area contributed by atoms with Gasteiger partial charge in [0.1, 0.15) is 0 Å². The average Bonchev–Trinajstić information content (AvgIpc) is 2.31. The van der Waals surface area contributed by atoms with Crippen LogP contribution in [-0.2, 0) is 0 Å². The molecule has 4 nitrogen and oxygen atoms in total. The Morgan fingerprint density at radius 2 is 1.88 bits per heavy atom. The summed E-state index contributed by atoms with van der Waals surface area (Å²) in [6, 6.07) is 4.91. The lowest BCUT2D eigenvalue weighted by Crippen LogP contribution is -2.36. The highest BCUT2D eigenvalue weighted by Gasteiger charge is 2.17. The van der Waals surface area contributed by atoms with Crippen molar-refractivity contribution in [2.45, 2.75) is 0 Å². The van der Waals surface area contributed by atoms with E-state index in [9.17, 15) is 4.79 Å². The molecule has 0 spiro atoms. The third-order valence-corrected chi connectivity index (χ3v) is 3.11. The molecule has 0 radical (unpaired) electrons. The van der Waals surface area contributed by atoms with Crippen LogP contribution in [0.1, 0.15) is 10.4 Å². The number of aliphatic hydroxyl groups is 2. The molecule has 0 unspecified atom stereocenters.